The molecule has 8 heteroatoms. The fourth-order valence-corrected chi connectivity index (χ4v) is 3.59. The predicted molar refractivity (Wildman–Crippen MR) is 134 cm³/mol. The van der Waals surface area contributed by atoms with Gasteiger partial charge in [0.15, 0.2) is 5.75 Å². The van der Waals surface area contributed by atoms with Crippen molar-refractivity contribution >= 4 is 40.0 Å². The van der Waals surface area contributed by atoms with E-state index in [1.165, 1.54) is 7.11 Å². The largest absolute Gasteiger partial charge is 0.505 e. The molecule has 0 saturated carbocycles. The highest BCUT2D eigenvalue weighted by molar-refractivity contribution is 6.12. The lowest BCUT2D eigenvalue weighted by Gasteiger charge is -2.13. The minimum Gasteiger partial charge on any atom is -0.505 e. The summed E-state index contributed by atoms with van der Waals surface area (Å²) in [6.07, 6.45) is 0.703. The van der Waals surface area contributed by atoms with Crippen LogP contribution in [0.15, 0.2) is 83.0 Å². The Kier molecular flexibility index (Phi) is 7.02. The Balaban J connectivity index is 1.77. The summed E-state index contributed by atoms with van der Waals surface area (Å²) in [4.78, 5) is 24.2. The number of fused-ring (bicyclic) bond motifs is 1. The van der Waals surface area contributed by atoms with Crippen LogP contribution in [0.3, 0.4) is 0 Å². The molecule has 4 aromatic rings. The van der Waals surface area contributed by atoms with Crippen molar-refractivity contribution in [3.8, 4) is 17.2 Å². The lowest BCUT2D eigenvalue weighted by molar-refractivity contribution is 0.102. The van der Waals surface area contributed by atoms with Gasteiger partial charge in [-0.15, -0.1) is 10.2 Å². The highest BCUT2D eigenvalue weighted by atomic mass is 16.5. The first kappa shape index (κ1) is 23.4. The Morgan fingerprint density at radius 2 is 1.77 bits per heavy atom. The molecule has 1 amide bonds. The third-order valence-electron chi connectivity index (χ3n) is 5.27. The monoisotopic (exact) mass is 469 g/mol. The molecule has 0 saturated heterocycles. The van der Waals surface area contributed by atoms with Gasteiger partial charge in [-0.1, -0.05) is 36.4 Å². The fraction of sp³-hybridized carbons (Fsp3) is 0.111. The zero-order valence-corrected chi connectivity index (χ0v) is 19.2. The van der Waals surface area contributed by atoms with E-state index in [-0.39, 0.29) is 17.0 Å². The maximum Gasteiger partial charge on any atom is 0.259 e. The molecule has 0 radical (unpaired) electrons. The second-order valence-corrected chi connectivity index (χ2v) is 7.47. The zero-order valence-electron chi connectivity index (χ0n) is 19.2. The summed E-state index contributed by atoms with van der Waals surface area (Å²) in [5, 5.41) is 23.7. The normalized spacial score (nSPS) is 10.9. The minimum atomic E-state index is -0.523. The Bertz CT molecular complexity index is 1430. The molecule has 0 fully saturated rings. The molecule has 2 N–H and O–H groups in total. The van der Waals surface area contributed by atoms with Gasteiger partial charge in [-0.05, 0) is 48.7 Å². The molecule has 0 spiro atoms. The fourth-order valence-electron chi connectivity index (χ4n) is 3.59. The first-order chi connectivity index (χ1) is 17.0. The molecule has 0 aromatic heterocycles. The number of phenols is 1. The number of hydrogen-bond donors (Lipinski definition) is 2. The average molecular weight is 469 g/mol. The zero-order chi connectivity index (χ0) is 24.8. The Labute approximate surface area is 201 Å². The van der Waals surface area contributed by atoms with Gasteiger partial charge in [-0.25, -0.2) is 0 Å². The van der Waals surface area contributed by atoms with Crippen LogP contribution in [0.5, 0.6) is 17.2 Å². The summed E-state index contributed by atoms with van der Waals surface area (Å²) in [5.41, 5.74) is 1.44. The number of anilines is 1. The number of aromatic hydroxyl groups is 1. The summed E-state index contributed by atoms with van der Waals surface area (Å²) in [7, 11) is 1.46. The number of hydrogen-bond acceptors (Lipinski definition) is 7. The van der Waals surface area contributed by atoms with Crippen molar-refractivity contribution in [1.29, 1.82) is 0 Å². The predicted octanol–water partition coefficient (Wildman–Crippen LogP) is 6.43. The van der Waals surface area contributed by atoms with Gasteiger partial charge in [-0.3, -0.25) is 9.59 Å². The molecule has 4 aromatic carbocycles. The standard InChI is InChI=1S/C27H23N3O5/c1-3-35-23-11-7-6-10-21(23)28-27(33)20-15-18-8-4-5-9-19(18)25(26(20)32)30-29-22-13-12-17(16-31)14-24(22)34-2/h4-16,32H,3H2,1-2H3,(H,28,33). The number of aldehydes is 1. The molecule has 176 valence electrons. The van der Waals surface area contributed by atoms with Crippen LogP contribution in [0.25, 0.3) is 10.8 Å². The Hall–Kier alpha value is -4.72. The second-order valence-electron chi connectivity index (χ2n) is 7.47. The lowest BCUT2D eigenvalue weighted by atomic mass is 10.0. The summed E-state index contributed by atoms with van der Waals surface area (Å²) in [5.74, 6) is 0.0325. The highest BCUT2D eigenvalue weighted by Crippen LogP contribution is 2.40. The molecule has 0 unspecified atom stereocenters. The topological polar surface area (TPSA) is 110 Å². The molecular formula is C27H23N3O5. The van der Waals surface area contributed by atoms with E-state index in [0.717, 1.165) is 0 Å². The number of nitrogens with one attached hydrogen (secondary N) is 1. The third-order valence-corrected chi connectivity index (χ3v) is 5.27. The number of benzene rings is 4. The molecule has 0 aliphatic rings. The SMILES string of the molecule is CCOc1ccccc1NC(=O)c1cc2ccccc2c(N=Nc2ccc(C=O)cc2OC)c1O. The quantitative estimate of drug-likeness (QED) is 0.228. The third kappa shape index (κ3) is 4.96. The number of phenolic OH excluding ortho intramolecular Hbond substituents is 1. The molecule has 0 heterocycles. The van der Waals surface area contributed by atoms with E-state index in [0.29, 0.717) is 52.1 Å². The lowest BCUT2D eigenvalue weighted by Crippen LogP contribution is -2.13. The van der Waals surface area contributed by atoms with Crippen LogP contribution in [0, 0.1) is 0 Å². The Morgan fingerprint density at radius 1 is 1.00 bits per heavy atom. The van der Waals surface area contributed by atoms with E-state index in [4.69, 9.17) is 9.47 Å². The van der Waals surface area contributed by atoms with Gasteiger partial charge in [-0.2, -0.15) is 0 Å². The van der Waals surface area contributed by atoms with Gasteiger partial charge in [0.1, 0.15) is 29.2 Å². The second kappa shape index (κ2) is 10.5. The van der Waals surface area contributed by atoms with Crippen LogP contribution in [0.4, 0.5) is 17.1 Å². The minimum absolute atomic E-state index is 0.0345. The van der Waals surface area contributed by atoms with E-state index in [9.17, 15) is 14.7 Å². The van der Waals surface area contributed by atoms with Gasteiger partial charge >= 0.3 is 0 Å². The number of rotatable bonds is 8. The van der Waals surface area contributed by atoms with E-state index in [1.54, 1.807) is 54.6 Å². The van der Waals surface area contributed by atoms with Crippen LogP contribution in [0.1, 0.15) is 27.6 Å². The van der Waals surface area contributed by atoms with Crippen LogP contribution < -0.4 is 14.8 Å². The summed E-state index contributed by atoms with van der Waals surface area (Å²) < 4.78 is 10.9. The van der Waals surface area contributed by atoms with Crippen LogP contribution in [-0.2, 0) is 0 Å². The molecule has 0 aliphatic heterocycles. The number of ether oxygens (including phenoxy) is 2. The molecular weight excluding hydrogens is 446 g/mol. The number of carbonyl (C=O) groups excluding carboxylic acids is 2. The molecule has 0 bridgehead atoms. The van der Waals surface area contributed by atoms with E-state index in [2.05, 4.69) is 15.5 Å². The van der Waals surface area contributed by atoms with Gasteiger partial charge in [0.05, 0.1) is 25.0 Å². The van der Waals surface area contributed by atoms with Crippen molar-refractivity contribution in [2.75, 3.05) is 19.0 Å². The summed E-state index contributed by atoms with van der Waals surface area (Å²) in [6.45, 7) is 2.29. The van der Waals surface area contributed by atoms with Gasteiger partial charge in [0.25, 0.3) is 5.91 Å². The molecule has 0 aliphatic carbocycles. The molecule has 8 nitrogen and oxygen atoms in total. The van der Waals surface area contributed by atoms with Crippen LogP contribution in [-0.4, -0.2) is 31.0 Å². The van der Waals surface area contributed by atoms with Crippen molar-refractivity contribution in [3.05, 3.63) is 83.9 Å². The van der Waals surface area contributed by atoms with Gasteiger partial charge in [0, 0.05) is 10.9 Å². The summed E-state index contributed by atoms with van der Waals surface area (Å²) >= 11 is 0. The van der Waals surface area contributed by atoms with Crippen molar-refractivity contribution in [3.63, 3.8) is 0 Å². The average Bonchev–Trinajstić information content (AvgIpc) is 2.89. The first-order valence-corrected chi connectivity index (χ1v) is 10.9. The summed E-state index contributed by atoms with van der Waals surface area (Å²) in [6, 6.07) is 20.6. The van der Waals surface area contributed by atoms with Crippen molar-refractivity contribution in [2.45, 2.75) is 6.92 Å². The maximum atomic E-state index is 13.2. The number of nitrogens with zero attached hydrogens (tertiary/aromatic N) is 2. The smallest absolute Gasteiger partial charge is 0.259 e. The molecule has 0 atom stereocenters. The number of methoxy groups -OCH3 is 1. The maximum absolute atomic E-state index is 13.2. The van der Waals surface area contributed by atoms with E-state index in [1.807, 2.05) is 25.1 Å². The number of carbonyl (C=O) groups is 2. The van der Waals surface area contributed by atoms with Gasteiger partial charge in [0.2, 0.25) is 0 Å². The van der Waals surface area contributed by atoms with E-state index < -0.39 is 5.91 Å². The van der Waals surface area contributed by atoms with Crippen LogP contribution >= 0.6 is 0 Å². The highest BCUT2D eigenvalue weighted by Gasteiger charge is 2.19. The van der Waals surface area contributed by atoms with Crippen molar-refractivity contribution in [1.82, 2.24) is 0 Å². The van der Waals surface area contributed by atoms with Crippen molar-refractivity contribution in [2.24, 2.45) is 10.2 Å². The van der Waals surface area contributed by atoms with Crippen LogP contribution in [0.2, 0.25) is 0 Å². The molecule has 4 rings (SSSR count). The number of amides is 1. The van der Waals surface area contributed by atoms with Gasteiger partial charge < -0.3 is 19.9 Å². The molecule has 35 heavy (non-hydrogen) atoms. The van der Waals surface area contributed by atoms with E-state index >= 15 is 0 Å². The van der Waals surface area contributed by atoms with Crippen molar-refractivity contribution < 1.29 is 24.2 Å². The first-order valence-electron chi connectivity index (χ1n) is 10.9. The number of azo groups is 1. The Morgan fingerprint density at radius 3 is 2.54 bits per heavy atom. The number of para-hydroxylation sites is 2.